The molecule has 8 nitrogen and oxygen atoms in total. The van der Waals surface area contributed by atoms with Crippen LogP contribution in [0.4, 0.5) is 0 Å². The Kier molecular flexibility index (Phi) is 5.18. The van der Waals surface area contributed by atoms with Gasteiger partial charge in [0.05, 0.1) is 5.60 Å². The van der Waals surface area contributed by atoms with Crippen LogP contribution in [0.1, 0.15) is 48.2 Å². The molecular weight excluding hydrogens is 372 g/mol. The summed E-state index contributed by atoms with van der Waals surface area (Å²) in [6, 6.07) is 5.44. The first kappa shape index (κ1) is 20.0. The first-order valence-electron chi connectivity index (χ1n) is 10.2. The van der Waals surface area contributed by atoms with Crippen LogP contribution in [0.15, 0.2) is 18.2 Å². The van der Waals surface area contributed by atoms with Gasteiger partial charge in [-0.05, 0) is 37.5 Å². The van der Waals surface area contributed by atoms with E-state index in [2.05, 4.69) is 15.5 Å². The highest BCUT2D eigenvalue weighted by Gasteiger charge is 2.40. The molecule has 4 rings (SSSR count). The molecule has 2 fully saturated rings. The minimum Gasteiger partial charge on any atom is -0.389 e. The summed E-state index contributed by atoms with van der Waals surface area (Å²) in [4.78, 5) is 40.6. The van der Waals surface area contributed by atoms with Crippen molar-refractivity contribution >= 4 is 17.7 Å². The van der Waals surface area contributed by atoms with Crippen molar-refractivity contribution in [1.82, 2.24) is 20.4 Å². The predicted molar refractivity (Wildman–Crippen MR) is 106 cm³/mol. The number of nitrogens with zero attached hydrogens (tertiary/aromatic N) is 2. The molecule has 3 heterocycles. The molecule has 0 radical (unpaired) electrons. The summed E-state index contributed by atoms with van der Waals surface area (Å²) < 4.78 is 0. The fourth-order valence-electron chi connectivity index (χ4n) is 4.36. The van der Waals surface area contributed by atoms with Crippen molar-refractivity contribution in [2.75, 3.05) is 19.6 Å². The quantitative estimate of drug-likeness (QED) is 0.581. The number of benzene rings is 1. The second kappa shape index (κ2) is 7.51. The molecule has 1 aromatic carbocycles. The van der Waals surface area contributed by atoms with Gasteiger partial charge in [0.2, 0.25) is 11.8 Å². The number of carbonyl (C=O) groups excluding carboxylic acids is 3. The number of piperidine rings is 1. The maximum absolute atomic E-state index is 13.0. The Morgan fingerprint density at radius 2 is 2.00 bits per heavy atom. The summed E-state index contributed by atoms with van der Waals surface area (Å²) in [5.74, 6) is -0.837. The molecule has 0 saturated carbocycles. The average molecular weight is 400 g/mol. The van der Waals surface area contributed by atoms with E-state index in [9.17, 15) is 19.5 Å². The highest BCUT2D eigenvalue weighted by molar-refractivity contribution is 6.05. The number of imide groups is 1. The standard InChI is InChI=1S/C21H28N4O4/c1-21(2,29)12-24(14-8-22-9-14)10-13-4-3-5-15-16(13)11-25(20(15)28)17-6-7-18(26)23-19(17)27/h3-5,14,17,22,29H,6-12H2,1-2H3,(H,23,26,27). The third-order valence-electron chi connectivity index (χ3n) is 5.92. The first-order valence-corrected chi connectivity index (χ1v) is 10.2. The Bertz CT molecular complexity index is 844. The first-order chi connectivity index (χ1) is 13.7. The fourth-order valence-corrected chi connectivity index (χ4v) is 4.36. The van der Waals surface area contributed by atoms with E-state index >= 15 is 0 Å². The smallest absolute Gasteiger partial charge is 0.255 e. The molecule has 0 aliphatic carbocycles. The molecule has 8 heteroatoms. The van der Waals surface area contributed by atoms with Gasteiger partial charge < -0.3 is 15.3 Å². The zero-order valence-corrected chi connectivity index (χ0v) is 16.9. The van der Waals surface area contributed by atoms with Gasteiger partial charge >= 0.3 is 0 Å². The van der Waals surface area contributed by atoms with E-state index in [1.807, 2.05) is 12.1 Å². The van der Waals surface area contributed by atoms with E-state index in [1.165, 1.54) is 0 Å². The summed E-state index contributed by atoms with van der Waals surface area (Å²) in [5.41, 5.74) is 1.79. The molecule has 1 atom stereocenters. The number of aliphatic hydroxyl groups is 1. The molecule has 1 aromatic rings. The Hall–Kier alpha value is -2.29. The van der Waals surface area contributed by atoms with Crippen LogP contribution in [-0.4, -0.2) is 69.9 Å². The van der Waals surface area contributed by atoms with Crippen LogP contribution in [0.25, 0.3) is 0 Å². The van der Waals surface area contributed by atoms with Gasteiger partial charge in [0.15, 0.2) is 0 Å². The molecule has 0 aromatic heterocycles. The lowest BCUT2D eigenvalue weighted by atomic mass is 9.99. The summed E-state index contributed by atoms with van der Waals surface area (Å²) >= 11 is 0. The van der Waals surface area contributed by atoms with E-state index in [0.29, 0.717) is 37.7 Å². The SMILES string of the molecule is CC(C)(O)CN(Cc1cccc2c1CN(C1CCC(=O)NC1=O)C2=O)C1CNC1. The van der Waals surface area contributed by atoms with Gasteiger partial charge in [-0.3, -0.25) is 24.6 Å². The van der Waals surface area contributed by atoms with Crippen LogP contribution >= 0.6 is 0 Å². The molecule has 3 amide bonds. The minimum atomic E-state index is -0.817. The van der Waals surface area contributed by atoms with Gasteiger partial charge in [-0.1, -0.05) is 12.1 Å². The number of hydrogen-bond acceptors (Lipinski definition) is 6. The zero-order valence-electron chi connectivity index (χ0n) is 16.9. The highest BCUT2D eigenvalue weighted by Crippen LogP contribution is 2.31. The molecule has 3 aliphatic heterocycles. The summed E-state index contributed by atoms with van der Waals surface area (Å²) in [7, 11) is 0. The zero-order chi connectivity index (χ0) is 20.8. The van der Waals surface area contributed by atoms with Gasteiger partial charge in [-0.2, -0.15) is 0 Å². The van der Waals surface area contributed by atoms with Crippen molar-refractivity contribution in [2.24, 2.45) is 0 Å². The third kappa shape index (κ3) is 4.05. The number of carbonyl (C=O) groups is 3. The van der Waals surface area contributed by atoms with Gasteiger partial charge in [0.25, 0.3) is 5.91 Å². The largest absolute Gasteiger partial charge is 0.389 e. The molecule has 1 unspecified atom stereocenters. The molecule has 2 saturated heterocycles. The van der Waals surface area contributed by atoms with Crippen molar-refractivity contribution in [3.63, 3.8) is 0 Å². The lowest BCUT2D eigenvalue weighted by Gasteiger charge is -2.41. The van der Waals surface area contributed by atoms with E-state index in [0.717, 1.165) is 24.2 Å². The Morgan fingerprint density at radius 3 is 2.62 bits per heavy atom. The maximum Gasteiger partial charge on any atom is 0.255 e. The van der Waals surface area contributed by atoms with Gasteiger partial charge in [-0.15, -0.1) is 0 Å². The van der Waals surface area contributed by atoms with Crippen molar-refractivity contribution in [3.05, 3.63) is 34.9 Å². The normalized spacial score (nSPS) is 22.7. The molecule has 0 spiro atoms. The average Bonchev–Trinajstić information content (AvgIpc) is 2.90. The maximum atomic E-state index is 13.0. The van der Waals surface area contributed by atoms with E-state index in [4.69, 9.17) is 0 Å². The summed E-state index contributed by atoms with van der Waals surface area (Å²) in [6.07, 6.45) is 0.607. The van der Waals surface area contributed by atoms with Gasteiger partial charge in [0.1, 0.15) is 6.04 Å². The Morgan fingerprint density at radius 1 is 1.24 bits per heavy atom. The van der Waals surface area contributed by atoms with Crippen LogP contribution < -0.4 is 10.6 Å². The highest BCUT2D eigenvalue weighted by atomic mass is 16.3. The topological polar surface area (TPSA) is 102 Å². The predicted octanol–water partition coefficient (Wildman–Crippen LogP) is -0.00770. The van der Waals surface area contributed by atoms with Crippen molar-refractivity contribution in [1.29, 1.82) is 0 Å². The van der Waals surface area contributed by atoms with Crippen molar-refractivity contribution < 1.29 is 19.5 Å². The molecule has 3 aliphatic rings. The number of hydrogen-bond donors (Lipinski definition) is 3. The minimum absolute atomic E-state index is 0.157. The summed E-state index contributed by atoms with van der Waals surface area (Å²) in [6.45, 7) is 6.91. The molecule has 3 N–H and O–H groups in total. The Balaban J connectivity index is 1.56. The molecule has 0 bridgehead atoms. The number of fused-ring (bicyclic) bond motifs is 1. The third-order valence-corrected chi connectivity index (χ3v) is 5.92. The summed E-state index contributed by atoms with van der Waals surface area (Å²) in [5, 5.41) is 16.0. The van der Waals surface area contributed by atoms with Crippen LogP contribution in [-0.2, 0) is 22.7 Å². The lowest BCUT2D eigenvalue weighted by Crippen LogP contribution is -2.59. The fraction of sp³-hybridized carbons (Fsp3) is 0.571. The lowest BCUT2D eigenvalue weighted by molar-refractivity contribution is -0.136. The molecule has 156 valence electrons. The second-order valence-corrected chi connectivity index (χ2v) is 8.87. The van der Waals surface area contributed by atoms with E-state index in [-0.39, 0.29) is 18.2 Å². The number of nitrogens with one attached hydrogen (secondary N) is 2. The number of rotatable bonds is 6. The molecule has 29 heavy (non-hydrogen) atoms. The second-order valence-electron chi connectivity index (χ2n) is 8.87. The van der Waals surface area contributed by atoms with Crippen molar-refractivity contribution in [2.45, 2.75) is 57.5 Å². The van der Waals surface area contributed by atoms with Gasteiger partial charge in [-0.25, -0.2) is 0 Å². The monoisotopic (exact) mass is 400 g/mol. The van der Waals surface area contributed by atoms with E-state index in [1.54, 1.807) is 24.8 Å². The van der Waals surface area contributed by atoms with Gasteiger partial charge in [0, 0.05) is 50.7 Å². The van der Waals surface area contributed by atoms with Crippen LogP contribution in [0.5, 0.6) is 0 Å². The van der Waals surface area contributed by atoms with Crippen molar-refractivity contribution in [3.8, 4) is 0 Å². The van der Waals surface area contributed by atoms with Crippen LogP contribution in [0, 0.1) is 0 Å². The van der Waals surface area contributed by atoms with E-state index < -0.39 is 17.6 Å². The van der Waals surface area contributed by atoms with Crippen LogP contribution in [0.3, 0.4) is 0 Å². The Labute approximate surface area is 170 Å². The number of amides is 3. The van der Waals surface area contributed by atoms with Crippen LogP contribution in [0.2, 0.25) is 0 Å². The molecular formula is C21H28N4O4.